The third-order valence-electron chi connectivity index (χ3n) is 3.73. The van der Waals surface area contributed by atoms with Gasteiger partial charge in [0, 0.05) is 11.5 Å². The summed E-state index contributed by atoms with van der Waals surface area (Å²) in [6.45, 7) is -0.248. The number of carboxylic acids is 1. The first-order valence-corrected chi connectivity index (χ1v) is 9.90. The van der Waals surface area contributed by atoms with E-state index in [0.717, 1.165) is 0 Å². The summed E-state index contributed by atoms with van der Waals surface area (Å²) in [5.74, 6) is -3.81. The minimum Gasteiger partial charge on any atom is -0.480 e. The first kappa shape index (κ1) is 26.5. The number of nitrogens with two attached hydrogens (primary N) is 2. The summed E-state index contributed by atoms with van der Waals surface area (Å²) in [6.07, 6.45) is 1.71. The summed E-state index contributed by atoms with van der Waals surface area (Å²) in [7, 11) is 0. The molecule has 0 aliphatic rings. The molecule has 0 aromatic carbocycles. The van der Waals surface area contributed by atoms with Crippen molar-refractivity contribution in [3.8, 4) is 0 Å². The molecule has 3 amide bonds. The van der Waals surface area contributed by atoms with Gasteiger partial charge in [-0.05, 0) is 19.4 Å². The summed E-state index contributed by atoms with van der Waals surface area (Å²) in [5, 5.41) is 25.2. The van der Waals surface area contributed by atoms with Crippen molar-refractivity contribution in [2.45, 2.75) is 43.4 Å². The van der Waals surface area contributed by atoms with Crippen LogP contribution in [0, 0.1) is 0 Å². The fraction of sp³-hybridized carbons (Fsp3) is 0.733. The topological polar surface area (TPSA) is 197 Å². The number of amides is 3. The van der Waals surface area contributed by atoms with Crippen molar-refractivity contribution in [3.05, 3.63) is 0 Å². The van der Waals surface area contributed by atoms with Crippen LogP contribution in [0.5, 0.6) is 0 Å². The summed E-state index contributed by atoms with van der Waals surface area (Å²) in [6, 6.07) is -4.62. The van der Waals surface area contributed by atoms with Crippen LogP contribution in [0.15, 0.2) is 0 Å². The molecule has 0 rings (SSSR count). The maximum absolute atomic E-state index is 12.3. The molecular formula is C15H29N5O6S2. The second kappa shape index (κ2) is 14.5. The predicted molar refractivity (Wildman–Crippen MR) is 109 cm³/mol. The molecule has 0 aromatic rings. The van der Waals surface area contributed by atoms with Crippen LogP contribution in [-0.4, -0.2) is 82.7 Å². The molecule has 0 heterocycles. The van der Waals surface area contributed by atoms with Gasteiger partial charge in [0.15, 0.2) is 0 Å². The van der Waals surface area contributed by atoms with E-state index in [0.29, 0.717) is 25.8 Å². The third-order valence-corrected chi connectivity index (χ3v) is 4.46. The molecule has 162 valence electrons. The Morgan fingerprint density at radius 3 is 1.82 bits per heavy atom. The molecule has 0 saturated heterocycles. The number of hydrogen-bond acceptors (Lipinski definition) is 9. The molecule has 0 bridgehead atoms. The van der Waals surface area contributed by atoms with E-state index in [4.69, 9.17) is 16.6 Å². The zero-order valence-corrected chi connectivity index (χ0v) is 17.1. The van der Waals surface area contributed by atoms with Crippen molar-refractivity contribution >= 4 is 48.9 Å². The molecule has 4 atom stereocenters. The molecule has 9 N–H and O–H groups in total. The third kappa shape index (κ3) is 9.59. The number of aliphatic hydroxyl groups excluding tert-OH is 1. The number of aliphatic carboxylic acids is 1. The standard InChI is InChI=1S/C15H29N5O6S2/c16-4-2-1-3-8(17)12(22)18-9(5-21)13(23)19-10(6-27)14(24)20-11(7-28)15(25)26/h8-11,21,27-28H,1-7,16-17H2,(H,18,22)(H,19,23)(H,20,24)(H,25,26). The Bertz CT molecular complexity index is 539. The summed E-state index contributed by atoms with van der Waals surface area (Å²) in [5.41, 5.74) is 11.1. The van der Waals surface area contributed by atoms with E-state index in [9.17, 15) is 24.3 Å². The molecule has 0 aliphatic carbocycles. The Morgan fingerprint density at radius 1 is 0.857 bits per heavy atom. The number of unbranched alkanes of at least 4 members (excludes halogenated alkanes) is 1. The largest absolute Gasteiger partial charge is 0.480 e. The van der Waals surface area contributed by atoms with Crippen LogP contribution in [-0.2, 0) is 19.2 Å². The summed E-state index contributed by atoms with van der Waals surface area (Å²) >= 11 is 7.79. The van der Waals surface area contributed by atoms with Crippen molar-refractivity contribution in [3.63, 3.8) is 0 Å². The number of thiol groups is 2. The van der Waals surface area contributed by atoms with Crippen molar-refractivity contribution < 1.29 is 29.4 Å². The van der Waals surface area contributed by atoms with Gasteiger partial charge in [-0.1, -0.05) is 6.42 Å². The minimum absolute atomic E-state index is 0.138. The Morgan fingerprint density at radius 2 is 1.36 bits per heavy atom. The van der Waals surface area contributed by atoms with Gasteiger partial charge in [-0.2, -0.15) is 25.3 Å². The van der Waals surface area contributed by atoms with Gasteiger partial charge in [0.2, 0.25) is 17.7 Å². The Kier molecular flexibility index (Phi) is 13.7. The number of carbonyl (C=O) groups excluding carboxylic acids is 3. The van der Waals surface area contributed by atoms with Crippen LogP contribution in [0.25, 0.3) is 0 Å². The minimum atomic E-state index is -1.33. The van der Waals surface area contributed by atoms with Crippen molar-refractivity contribution in [2.24, 2.45) is 11.5 Å². The summed E-state index contributed by atoms with van der Waals surface area (Å²) in [4.78, 5) is 47.4. The Balaban J connectivity index is 4.80. The fourth-order valence-corrected chi connectivity index (χ4v) is 2.54. The molecule has 13 heteroatoms. The van der Waals surface area contributed by atoms with Gasteiger partial charge in [0.1, 0.15) is 18.1 Å². The van der Waals surface area contributed by atoms with Crippen LogP contribution in [0.2, 0.25) is 0 Å². The molecule has 4 unspecified atom stereocenters. The van der Waals surface area contributed by atoms with E-state index in [-0.39, 0.29) is 11.5 Å². The number of carbonyl (C=O) groups is 4. The molecule has 0 aromatic heterocycles. The molecule has 0 radical (unpaired) electrons. The second-order valence-electron chi connectivity index (χ2n) is 5.96. The number of nitrogens with one attached hydrogen (secondary N) is 3. The van der Waals surface area contributed by atoms with Crippen LogP contribution in [0.4, 0.5) is 0 Å². The molecule has 0 spiro atoms. The van der Waals surface area contributed by atoms with E-state index in [1.165, 1.54) is 0 Å². The lowest BCUT2D eigenvalue weighted by Gasteiger charge is -2.23. The van der Waals surface area contributed by atoms with E-state index >= 15 is 0 Å². The monoisotopic (exact) mass is 439 g/mol. The lowest BCUT2D eigenvalue weighted by molar-refractivity contribution is -0.141. The number of hydrogen-bond donors (Lipinski definition) is 9. The maximum atomic E-state index is 12.3. The van der Waals surface area contributed by atoms with Gasteiger partial charge in [-0.15, -0.1) is 0 Å². The summed E-state index contributed by atoms with van der Waals surface area (Å²) < 4.78 is 0. The smallest absolute Gasteiger partial charge is 0.327 e. The second-order valence-corrected chi connectivity index (χ2v) is 6.69. The number of carboxylic acid groups (broad SMARTS) is 1. The molecular weight excluding hydrogens is 410 g/mol. The average molecular weight is 440 g/mol. The lowest BCUT2D eigenvalue weighted by atomic mass is 10.1. The number of aliphatic hydroxyl groups is 1. The van der Waals surface area contributed by atoms with Crippen LogP contribution < -0.4 is 27.4 Å². The van der Waals surface area contributed by atoms with E-state index in [1.807, 2.05) is 0 Å². The maximum Gasteiger partial charge on any atom is 0.327 e. The molecule has 0 saturated carbocycles. The Hall–Kier alpha value is -1.54. The first-order valence-electron chi connectivity index (χ1n) is 8.63. The van der Waals surface area contributed by atoms with Crippen LogP contribution in [0.1, 0.15) is 19.3 Å². The quantitative estimate of drug-likeness (QED) is 0.0997. The SMILES string of the molecule is NCCCCC(N)C(=O)NC(CO)C(=O)NC(CS)C(=O)NC(CS)C(=O)O. The van der Waals surface area contributed by atoms with Crippen molar-refractivity contribution in [1.29, 1.82) is 0 Å². The average Bonchev–Trinajstić information content (AvgIpc) is 2.67. The van der Waals surface area contributed by atoms with Gasteiger partial charge >= 0.3 is 5.97 Å². The highest BCUT2D eigenvalue weighted by atomic mass is 32.1. The zero-order valence-electron chi connectivity index (χ0n) is 15.3. The van der Waals surface area contributed by atoms with Crippen molar-refractivity contribution in [1.82, 2.24) is 16.0 Å². The van der Waals surface area contributed by atoms with Gasteiger partial charge in [0.05, 0.1) is 12.6 Å². The van der Waals surface area contributed by atoms with Gasteiger partial charge in [0.25, 0.3) is 0 Å². The van der Waals surface area contributed by atoms with Gasteiger partial charge < -0.3 is 37.6 Å². The van der Waals surface area contributed by atoms with Crippen molar-refractivity contribution in [2.75, 3.05) is 24.7 Å². The zero-order chi connectivity index (χ0) is 21.7. The Labute approximate surface area is 174 Å². The van der Waals surface area contributed by atoms with Crippen LogP contribution in [0.3, 0.4) is 0 Å². The predicted octanol–water partition coefficient (Wildman–Crippen LogP) is -3.17. The highest BCUT2D eigenvalue weighted by Crippen LogP contribution is 2.00. The number of rotatable bonds is 14. The van der Waals surface area contributed by atoms with Crippen LogP contribution >= 0.6 is 25.3 Å². The molecule has 0 aliphatic heterocycles. The highest BCUT2D eigenvalue weighted by Gasteiger charge is 2.29. The van der Waals surface area contributed by atoms with Gasteiger partial charge in [-0.25, -0.2) is 4.79 Å². The van der Waals surface area contributed by atoms with E-state index < -0.39 is 54.5 Å². The highest BCUT2D eigenvalue weighted by molar-refractivity contribution is 7.80. The van der Waals surface area contributed by atoms with E-state index in [1.54, 1.807) is 0 Å². The fourth-order valence-electron chi connectivity index (χ4n) is 2.04. The molecule has 11 nitrogen and oxygen atoms in total. The van der Waals surface area contributed by atoms with E-state index in [2.05, 4.69) is 41.2 Å². The molecule has 28 heavy (non-hydrogen) atoms. The normalized spacial score (nSPS) is 15.0. The lowest BCUT2D eigenvalue weighted by Crippen LogP contribution is -2.58. The first-order chi connectivity index (χ1) is 13.2. The van der Waals surface area contributed by atoms with Gasteiger partial charge in [-0.3, -0.25) is 14.4 Å². The molecule has 0 fully saturated rings.